The number of imidazole rings is 1. The highest BCUT2D eigenvalue weighted by Crippen LogP contribution is 2.30. The number of aromatic nitrogens is 2. The molecule has 3 N–H and O–H groups in total. The summed E-state index contributed by atoms with van der Waals surface area (Å²) in [5, 5.41) is 0.328. The molecule has 0 aliphatic rings. The molecular formula is C9H8BrF2N3. The maximum absolute atomic E-state index is 12.7. The first-order valence-electron chi connectivity index (χ1n) is 4.24. The van der Waals surface area contributed by atoms with E-state index in [4.69, 9.17) is 5.73 Å². The zero-order chi connectivity index (χ0) is 11.0. The number of H-pyrrole nitrogens is 1. The van der Waals surface area contributed by atoms with Gasteiger partial charge in [-0.15, -0.1) is 0 Å². The molecule has 0 radical (unpaired) electrons. The maximum Gasteiger partial charge on any atom is 0.264 e. The Labute approximate surface area is 92.8 Å². The number of hydrogen-bond acceptors (Lipinski definition) is 2. The molecule has 0 aliphatic heterocycles. The number of anilines is 1. The van der Waals surface area contributed by atoms with E-state index >= 15 is 0 Å². The number of nitrogen functional groups attached to an aromatic ring is 1. The lowest BCUT2D eigenvalue weighted by molar-refractivity contribution is 0.150. The van der Waals surface area contributed by atoms with E-state index in [-0.39, 0.29) is 11.5 Å². The van der Waals surface area contributed by atoms with Gasteiger partial charge in [-0.25, -0.2) is 13.8 Å². The molecule has 1 heterocycles. The lowest BCUT2D eigenvalue weighted by atomic mass is 10.1. The standard InChI is InChI=1S/C9H8BrF2N3/c10-3-5-4(8(11)12)1-2-6-7(5)15-9(13)14-6/h1-2,8H,3H2,(H3,13,14,15). The van der Waals surface area contributed by atoms with Crippen LogP contribution in [-0.2, 0) is 5.33 Å². The molecule has 15 heavy (non-hydrogen) atoms. The number of aromatic amines is 1. The lowest BCUT2D eigenvalue weighted by Crippen LogP contribution is -1.93. The second-order valence-electron chi connectivity index (χ2n) is 3.09. The van der Waals surface area contributed by atoms with Gasteiger partial charge in [-0.2, -0.15) is 0 Å². The second-order valence-corrected chi connectivity index (χ2v) is 3.65. The van der Waals surface area contributed by atoms with Gasteiger partial charge in [-0.3, -0.25) is 0 Å². The van der Waals surface area contributed by atoms with Crippen LogP contribution >= 0.6 is 15.9 Å². The number of hydrogen-bond donors (Lipinski definition) is 2. The molecule has 2 aromatic rings. The first kappa shape index (κ1) is 10.4. The van der Waals surface area contributed by atoms with Gasteiger partial charge in [0.1, 0.15) is 0 Å². The third kappa shape index (κ3) is 1.69. The van der Waals surface area contributed by atoms with Crippen molar-refractivity contribution in [1.29, 1.82) is 0 Å². The van der Waals surface area contributed by atoms with E-state index in [0.29, 0.717) is 21.9 Å². The number of alkyl halides is 3. The minimum Gasteiger partial charge on any atom is -0.369 e. The van der Waals surface area contributed by atoms with E-state index in [9.17, 15) is 8.78 Å². The van der Waals surface area contributed by atoms with Crippen LogP contribution in [0.5, 0.6) is 0 Å². The quantitative estimate of drug-likeness (QED) is 0.828. The molecule has 1 aromatic heterocycles. The van der Waals surface area contributed by atoms with E-state index in [2.05, 4.69) is 25.9 Å². The first-order valence-corrected chi connectivity index (χ1v) is 5.36. The summed E-state index contributed by atoms with van der Waals surface area (Å²) in [6.45, 7) is 0. The molecule has 2 rings (SSSR count). The van der Waals surface area contributed by atoms with Crippen molar-refractivity contribution >= 4 is 32.9 Å². The van der Waals surface area contributed by atoms with Crippen LogP contribution in [-0.4, -0.2) is 9.97 Å². The zero-order valence-electron chi connectivity index (χ0n) is 7.60. The number of rotatable bonds is 2. The number of benzene rings is 1. The molecule has 0 fully saturated rings. The summed E-state index contributed by atoms with van der Waals surface area (Å²) in [4.78, 5) is 6.79. The van der Waals surface area contributed by atoms with Crippen molar-refractivity contribution in [2.45, 2.75) is 11.8 Å². The van der Waals surface area contributed by atoms with Crippen molar-refractivity contribution in [3.63, 3.8) is 0 Å². The highest BCUT2D eigenvalue weighted by molar-refractivity contribution is 9.08. The number of halogens is 3. The Morgan fingerprint density at radius 3 is 2.80 bits per heavy atom. The predicted octanol–water partition coefficient (Wildman–Crippen LogP) is 2.98. The number of fused-ring (bicyclic) bond motifs is 1. The molecule has 3 nitrogen and oxygen atoms in total. The van der Waals surface area contributed by atoms with Crippen molar-refractivity contribution in [2.75, 3.05) is 5.73 Å². The van der Waals surface area contributed by atoms with Crippen molar-refractivity contribution in [1.82, 2.24) is 9.97 Å². The maximum atomic E-state index is 12.7. The van der Waals surface area contributed by atoms with Crippen LogP contribution in [0.15, 0.2) is 12.1 Å². The molecule has 0 amide bonds. The van der Waals surface area contributed by atoms with Gasteiger partial charge < -0.3 is 10.7 Å². The van der Waals surface area contributed by atoms with Crippen LogP contribution in [0.2, 0.25) is 0 Å². The van der Waals surface area contributed by atoms with E-state index in [0.717, 1.165) is 0 Å². The van der Waals surface area contributed by atoms with Crippen molar-refractivity contribution in [2.24, 2.45) is 0 Å². The number of nitrogens with zero attached hydrogens (tertiary/aromatic N) is 1. The monoisotopic (exact) mass is 275 g/mol. The van der Waals surface area contributed by atoms with Gasteiger partial charge in [0.25, 0.3) is 6.43 Å². The van der Waals surface area contributed by atoms with E-state index < -0.39 is 6.43 Å². The summed E-state index contributed by atoms with van der Waals surface area (Å²) in [6.07, 6.45) is -2.50. The predicted molar refractivity (Wildman–Crippen MR) is 58.1 cm³/mol. The zero-order valence-corrected chi connectivity index (χ0v) is 9.18. The van der Waals surface area contributed by atoms with Gasteiger partial charge in [0.05, 0.1) is 11.0 Å². The topological polar surface area (TPSA) is 54.7 Å². The lowest BCUT2D eigenvalue weighted by Gasteiger charge is -2.06. The second kappa shape index (κ2) is 3.77. The van der Waals surface area contributed by atoms with Crippen LogP contribution in [0.3, 0.4) is 0 Å². The summed E-state index contributed by atoms with van der Waals surface area (Å²) in [7, 11) is 0. The molecule has 0 bridgehead atoms. The Morgan fingerprint density at radius 2 is 2.20 bits per heavy atom. The van der Waals surface area contributed by atoms with Gasteiger partial charge in [0, 0.05) is 10.9 Å². The van der Waals surface area contributed by atoms with Crippen molar-refractivity contribution < 1.29 is 8.78 Å². The van der Waals surface area contributed by atoms with E-state index in [1.54, 1.807) is 6.07 Å². The normalized spacial score (nSPS) is 11.5. The van der Waals surface area contributed by atoms with Crippen LogP contribution in [0, 0.1) is 0 Å². The van der Waals surface area contributed by atoms with Gasteiger partial charge in [-0.05, 0) is 11.6 Å². The first-order chi connectivity index (χ1) is 7.13. The van der Waals surface area contributed by atoms with Crippen molar-refractivity contribution in [3.8, 4) is 0 Å². The SMILES string of the molecule is Nc1nc2c(CBr)c(C(F)F)ccc2[nH]1. The Hall–Kier alpha value is -1.17. The Balaban J connectivity index is 2.74. The third-order valence-corrected chi connectivity index (χ3v) is 2.74. The smallest absolute Gasteiger partial charge is 0.264 e. The summed E-state index contributed by atoms with van der Waals surface area (Å²) >= 11 is 3.18. The molecule has 0 unspecified atom stereocenters. The van der Waals surface area contributed by atoms with Gasteiger partial charge >= 0.3 is 0 Å². The highest BCUT2D eigenvalue weighted by atomic mass is 79.9. The summed E-state index contributed by atoms with van der Waals surface area (Å²) in [5.41, 5.74) is 7.12. The minimum atomic E-state index is -2.50. The fraction of sp³-hybridized carbons (Fsp3) is 0.222. The summed E-state index contributed by atoms with van der Waals surface area (Å²) < 4.78 is 25.3. The number of nitrogens with one attached hydrogen (secondary N) is 1. The molecule has 80 valence electrons. The number of nitrogens with two attached hydrogens (primary N) is 1. The van der Waals surface area contributed by atoms with Crippen LogP contribution in [0.1, 0.15) is 17.6 Å². The molecule has 0 atom stereocenters. The van der Waals surface area contributed by atoms with Gasteiger partial charge in [0.2, 0.25) is 0 Å². The average Bonchev–Trinajstić information content (AvgIpc) is 2.55. The minimum absolute atomic E-state index is 0.00845. The summed E-state index contributed by atoms with van der Waals surface area (Å²) in [5.74, 6) is 0.235. The molecule has 0 saturated heterocycles. The van der Waals surface area contributed by atoms with E-state index in [1.165, 1.54) is 6.07 Å². The summed E-state index contributed by atoms with van der Waals surface area (Å²) in [6, 6.07) is 2.95. The molecule has 0 saturated carbocycles. The largest absolute Gasteiger partial charge is 0.369 e. The fourth-order valence-corrected chi connectivity index (χ4v) is 2.10. The molecule has 0 aliphatic carbocycles. The average molecular weight is 276 g/mol. The van der Waals surface area contributed by atoms with Crippen LogP contribution in [0.25, 0.3) is 11.0 Å². The molecule has 0 spiro atoms. The van der Waals surface area contributed by atoms with Crippen molar-refractivity contribution in [3.05, 3.63) is 23.3 Å². The van der Waals surface area contributed by atoms with Gasteiger partial charge in [-0.1, -0.05) is 22.0 Å². The fourth-order valence-electron chi connectivity index (χ4n) is 1.51. The van der Waals surface area contributed by atoms with Crippen LogP contribution in [0.4, 0.5) is 14.7 Å². The highest BCUT2D eigenvalue weighted by Gasteiger charge is 2.16. The van der Waals surface area contributed by atoms with Crippen LogP contribution < -0.4 is 5.73 Å². The molecule has 6 heteroatoms. The molecular weight excluding hydrogens is 268 g/mol. The Kier molecular flexibility index (Phi) is 2.60. The third-order valence-electron chi connectivity index (χ3n) is 2.18. The van der Waals surface area contributed by atoms with E-state index in [1.807, 2.05) is 0 Å². The molecule has 1 aromatic carbocycles. The Bertz CT molecular complexity index is 495. The Morgan fingerprint density at radius 1 is 1.47 bits per heavy atom. The van der Waals surface area contributed by atoms with Gasteiger partial charge in [0.15, 0.2) is 5.95 Å².